The molecule has 0 radical (unpaired) electrons. The van der Waals surface area contributed by atoms with Gasteiger partial charge in [-0.05, 0) is 49.7 Å². The normalized spacial score (nSPS) is 18.8. The van der Waals surface area contributed by atoms with E-state index in [0.717, 1.165) is 31.9 Å². The van der Waals surface area contributed by atoms with Crippen LogP contribution >= 0.6 is 11.3 Å². The van der Waals surface area contributed by atoms with Crippen LogP contribution in [0.25, 0.3) is 31.9 Å². The Balaban J connectivity index is 1.48. The standard InChI is InChI=1S/C25H24N4O2S/c1-15-13-29(14-16(2)31-15)25(30)18-7-5-6-17(10-18)19-11-20(23(26)27-12-19)24-28-21-8-3-4-9-22(21)32-24/h3-12,15-16H,13-14H2,1-2H3,(H2,26,27)/t15-,16+. The second-order valence-corrected chi connectivity index (χ2v) is 9.22. The number of hydrogen-bond acceptors (Lipinski definition) is 6. The summed E-state index contributed by atoms with van der Waals surface area (Å²) in [4.78, 5) is 24.2. The fourth-order valence-electron chi connectivity index (χ4n) is 4.15. The summed E-state index contributed by atoms with van der Waals surface area (Å²) in [5.41, 5.74) is 10.4. The third-order valence-corrected chi connectivity index (χ3v) is 6.66. The van der Waals surface area contributed by atoms with E-state index in [0.29, 0.717) is 24.5 Å². The van der Waals surface area contributed by atoms with Gasteiger partial charge < -0.3 is 15.4 Å². The molecule has 1 saturated heterocycles. The molecule has 32 heavy (non-hydrogen) atoms. The van der Waals surface area contributed by atoms with Crippen LogP contribution in [-0.4, -0.2) is 46.1 Å². The number of ether oxygens (including phenoxy) is 1. The first-order valence-electron chi connectivity index (χ1n) is 10.6. The van der Waals surface area contributed by atoms with Crippen molar-refractivity contribution in [3.05, 3.63) is 66.4 Å². The molecule has 0 bridgehead atoms. The van der Waals surface area contributed by atoms with Crippen molar-refractivity contribution in [2.75, 3.05) is 18.8 Å². The summed E-state index contributed by atoms with van der Waals surface area (Å²) in [5, 5.41) is 0.835. The first-order valence-corrected chi connectivity index (χ1v) is 11.5. The third kappa shape index (κ3) is 3.97. The first-order chi connectivity index (χ1) is 15.5. The number of amides is 1. The molecular weight excluding hydrogens is 420 g/mol. The highest BCUT2D eigenvalue weighted by molar-refractivity contribution is 7.21. The van der Waals surface area contributed by atoms with E-state index in [1.807, 2.05) is 73.3 Å². The minimum atomic E-state index is 0.0173. The van der Waals surface area contributed by atoms with Crippen molar-refractivity contribution in [1.82, 2.24) is 14.9 Å². The van der Waals surface area contributed by atoms with Crippen LogP contribution in [0.1, 0.15) is 24.2 Å². The number of thiazole rings is 1. The van der Waals surface area contributed by atoms with E-state index in [9.17, 15) is 4.79 Å². The monoisotopic (exact) mass is 444 g/mol. The molecule has 2 aromatic heterocycles. The molecule has 2 aromatic carbocycles. The van der Waals surface area contributed by atoms with Gasteiger partial charge in [0.1, 0.15) is 10.8 Å². The van der Waals surface area contributed by atoms with Gasteiger partial charge in [-0.3, -0.25) is 4.79 Å². The Morgan fingerprint density at radius 3 is 2.62 bits per heavy atom. The van der Waals surface area contributed by atoms with Crippen molar-refractivity contribution < 1.29 is 9.53 Å². The topological polar surface area (TPSA) is 81.3 Å². The molecule has 1 amide bonds. The van der Waals surface area contributed by atoms with Gasteiger partial charge in [-0.25, -0.2) is 9.97 Å². The van der Waals surface area contributed by atoms with E-state index in [4.69, 9.17) is 15.5 Å². The van der Waals surface area contributed by atoms with Gasteiger partial charge in [-0.2, -0.15) is 0 Å². The number of aromatic nitrogens is 2. The Bertz CT molecular complexity index is 1260. The number of nitrogens with two attached hydrogens (primary N) is 1. The third-order valence-electron chi connectivity index (χ3n) is 5.59. The van der Waals surface area contributed by atoms with E-state index in [-0.39, 0.29) is 18.1 Å². The highest BCUT2D eigenvalue weighted by Crippen LogP contribution is 2.35. The van der Waals surface area contributed by atoms with Gasteiger partial charge in [-0.1, -0.05) is 24.3 Å². The molecule has 0 unspecified atom stereocenters. The zero-order valence-corrected chi connectivity index (χ0v) is 18.8. The van der Waals surface area contributed by atoms with Gasteiger partial charge in [0.05, 0.1) is 28.0 Å². The molecular formula is C25H24N4O2S. The lowest BCUT2D eigenvalue weighted by Crippen LogP contribution is -2.48. The Morgan fingerprint density at radius 2 is 1.84 bits per heavy atom. The van der Waals surface area contributed by atoms with Crippen LogP contribution in [0.15, 0.2) is 60.8 Å². The quantitative estimate of drug-likeness (QED) is 0.488. The number of para-hydroxylation sites is 1. The Hall–Kier alpha value is -3.29. The van der Waals surface area contributed by atoms with E-state index < -0.39 is 0 Å². The van der Waals surface area contributed by atoms with Gasteiger partial charge in [0.25, 0.3) is 5.91 Å². The second kappa shape index (κ2) is 8.33. The number of fused-ring (bicyclic) bond motifs is 1. The van der Waals surface area contributed by atoms with Crippen LogP contribution in [0.4, 0.5) is 5.82 Å². The number of pyridine rings is 1. The number of hydrogen-bond donors (Lipinski definition) is 1. The average molecular weight is 445 g/mol. The van der Waals surface area contributed by atoms with E-state index >= 15 is 0 Å². The minimum Gasteiger partial charge on any atom is -0.383 e. The van der Waals surface area contributed by atoms with Crippen molar-refractivity contribution in [3.63, 3.8) is 0 Å². The molecule has 7 heteroatoms. The van der Waals surface area contributed by atoms with Crippen LogP contribution in [0.5, 0.6) is 0 Å². The van der Waals surface area contributed by atoms with Crippen molar-refractivity contribution in [2.45, 2.75) is 26.1 Å². The number of carbonyl (C=O) groups is 1. The lowest BCUT2D eigenvalue weighted by molar-refractivity contribution is -0.0586. The molecule has 0 spiro atoms. The molecule has 162 valence electrons. The Morgan fingerprint density at radius 1 is 1.06 bits per heavy atom. The minimum absolute atomic E-state index is 0.0173. The summed E-state index contributed by atoms with van der Waals surface area (Å²) in [5.74, 6) is 0.458. The largest absolute Gasteiger partial charge is 0.383 e. The number of nitrogen functional groups attached to an aromatic ring is 1. The van der Waals surface area contributed by atoms with Crippen molar-refractivity contribution in [2.24, 2.45) is 0 Å². The molecule has 3 heterocycles. The molecule has 6 nitrogen and oxygen atoms in total. The van der Waals surface area contributed by atoms with Gasteiger partial charge >= 0.3 is 0 Å². The van der Waals surface area contributed by atoms with Gasteiger partial charge in [0, 0.05) is 30.4 Å². The number of benzene rings is 2. The maximum absolute atomic E-state index is 13.1. The van der Waals surface area contributed by atoms with Gasteiger partial charge in [0.15, 0.2) is 0 Å². The number of morpholine rings is 1. The van der Waals surface area contributed by atoms with Crippen LogP contribution in [0.2, 0.25) is 0 Å². The van der Waals surface area contributed by atoms with Gasteiger partial charge in [-0.15, -0.1) is 11.3 Å². The van der Waals surface area contributed by atoms with Crippen molar-refractivity contribution in [3.8, 4) is 21.7 Å². The zero-order chi connectivity index (χ0) is 22.2. The molecule has 0 saturated carbocycles. The van der Waals surface area contributed by atoms with E-state index in [2.05, 4.69) is 4.98 Å². The Labute approximate surface area is 190 Å². The molecule has 4 aromatic rings. The number of rotatable bonds is 3. The fraction of sp³-hybridized carbons (Fsp3) is 0.240. The van der Waals surface area contributed by atoms with Crippen LogP contribution in [0.3, 0.4) is 0 Å². The van der Waals surface area contributed by atoms with E-state index in [1.165, 1.54) is 0 Å². The highest BCUT2D eigenvalue weighted by Gasteiger charge is 2.26. The number of anilines is 1. The summed E-state index contributed by atoms with van der Waals surface area (Å²) >= 11 is 1.59. The molecule has 1 fully saturated rings. The maximum Gasteiger partial charge on any atom is 0.254 e. The predicted molar refractivity (Wildman–Crippen MR) is 129 cm³/mol. The summed E-state index contributed by atoms with van der Waals surface area (Å²) in [7, 11) is 0. The molecule has 1 aliphatic heterocycles. The molecule has 0 aliphatic carbocycles. The molecule has 5 rings (SSSR count). The summed E-state index contributed by atoms with van der Waals surface area (Å²) in [6.07, 6.45) is 1.81. The van der Waals surface area contributed by atoms with Gasteiger partial charge in [0.2, 0.25) is 0 Å². The van der Waals surface area contributed by atoms with E-state index in [1.54, 1.807) is 17.5 Å². The number of carbonyl (C=O) groups excluding carboxylic acids is 1. The van der Waals surface area contributed by atoms with Crippen molar-refractivity contribution >= 4 is 33.3 Å². The molecule has 1 aliphatic rings. The molecule has 2 atom stereocenters. The lowest BCUT2D eigenvalue weighted by atomic mass is 10.0. The maximum atomic E-state index is 13.1. The summed E-state index contributed by atoms with van der Waals surface area (Å²) in [6, 6.07) is 17.7. The van der Waals surface area contributed by atoms with Crippen LogP contribution < -0.4 is 5.73 Å². The van der Waals surface area contributed by atoms with Crippen molar-refractivity contribution in [1.29, 1.82) is 0 Å². The fourth-order valence-corrected chi connectivity index (χ4v) is 5.14. The smallest absolute Gasteiger partial charge is 0.254 e. The summed E-state index contributed by atoms with van der Waals surface area (Å²) in [6.45, 7) is 5.18. The Kier molecular flexibility index (Phi) is 5.36. The highest BCUT2D eigenvalue weighted by atomic mass is 32.1. The lowest BCUT2D eigenvalue weighted by Gasteiger charge is -2.35. The first kappa shape index (κ1) is 20.6. The average Bonchev–Trinajstić information content (AvgIpc) is 3.22. The molecule has 2 N–H and O–H groups in total. The van der Waals surface area contributed by atoms with Crippen LogP contribution in [-0.2, 0) is 4.74 Å². The summed E-state index contributed by atoms with van der Waals surface area (Å²) < 4.78 is 6.87. The number of nitrogens with zero attached hydrogens (tertiary/aromatic N) is 3. The second-order valence-electron chi connectivity index (χ2n) is 8.19. The predicted octanol–water partition coefficient (Wildman–Crippen LogP) is 4.86. The SMILES string of the molecule is C[C@@H]1CN(C(=O)c2cccc(-c3cnc(N)c(-c4nc5ccccc5s4)c3)c2)C[C@H](C)O1. The van der Waals surface area contributed by atoms with Crippen LogP contribution in [0, 0.1) is 0 Å². The zero-order valence-electron chi connectivity index (χ0n) is 18.0.